The molecule has 0 aliphatic carbocycles. The molecule has 0 spiro atoms. The van der Waals surface area contributed by atoms with Gasteiger partial charge in [-0.1, -0.05) is 13.8 Å². The molecule has 0 saturated carbocycles. The first kappa shape index (κ1) is 14.0. The van der Waals surface area contributed by atoms with Gasteiger partial charge in [0.25, 0.3) is 11.5 Å². The van der Waals surface area contributed by atoms with Gasteiger partial charge in [0.15, 0.2) is 0 Å². The first-order valence-corrected chi connectivity index (χ1v) is 5.62. The Hall–Kier alpha value is -2.11. The van der Waals surface area contributed by atoms with Crippen LogP contribution in [0.2, 0.25) is 0 Å². The minimum atomic E-state index is -0.990. The minimum Gasteiger partial charge on any atom is -0.481 e. The number of aliphatic carboxylic acids is 1. The number of rotatable bonds is 5. The molecule has 1 unspecified atom stereocenters. The van der Waals surface area contributed by atoms with Crippen molar-refractivity contribution in [3.05, 3.63) is 34.2 Å². The van der Waals surface area contributed by atoms with Gasteiger partial charge in [-0.25, -0.2) is 0 Å². The van der Waals surface area contributed by atoms with Crippen LogP contribution in [0.1, 0.15) is 30.6 Å². The Morgan fingerprint density at radius 3 is 2.61 bits per heavy atom. The smallest absolute Gasteiger partial charge is 0.305 e. The van der Waals surface area contributed by atoms with Gasteiger partial charge < -0.3 is 15.4 Å². The summed E-state index contributed by atoms with van der Waals surface area (Å²) in [6, 6.07) is 2.43. The van der Waals surface area contributed by atoms with Crippen molar-refractivity contribution >= 4 is 11.9 Å². The highest BCUT2D eigenvalue weighted by Crippen LogP contribution is 2.07. The average Bonchev–Trinajstić information content (AvgIpc) is 2.27. The molecule has 1 rings (SSSR count). The molecule has 1 amide bonds. The number of hydrogen-bond acceptors (Lipinski definition) is 3. The third kappa shape index (κ3) is 3.73. The number of carboxylic acids is 1. The predicted octanol–water partition coefficient (Wildman–Crippen LogP) is 0.604. The van der Waals surface area contributed by atoms with Gasteiger partial charge in [-0.2, -0.15) is 0 Å². The van der Waals surface area contributed by atoms with Crippen molar-refractivity contribution in [2.45, 2.75) is 26.3 Å². The van der Waals surface area contributed by atoms with Crippen molar-refractivity contribution in [3.63, 3.8) is 0 Å². The van der Waals surface area contributed by atoms with Crippen molar-refractivity contribution in [1.29, 1.82) is 0 Å². The molecule has 0 aromatic carbocycles. The van der Waals surface area contributed by atoms with E-state index in [9.17, 15) is 14.4 Å². The molecule has 1 heterocycles. The molecule has 98 valence electrons. The first-order valence-electron chi connectivity index (χ1n) is 5.62. The van der Waals surface area contributed by atoms with E-state index >= 15 is 0 Å². The highest BCUT2D eigenvalue weighted by Gasteiger charge is 2.21. The van der Waals surface area contributed by atoms with Crippen molar-refractivity contribution < 1.29 is 14.7 Å². The molecule has 1 aromatic rings. The molecule has 0 saturated heterocycles. The number of carbonyl (C=O) groups is 2. The lowest BCUT2D eigenvalue weighted by Crippen LogP contribution is -2.41. The molecule has 0 aliphatic rings. The van der Waals surface area contributed by atoms with Gasteiger partial charge in [0.2, 0.25) is 0 Å². The zero-order valence-corrected chi connectivity index (χ0v) is 10.3. The Kier molecular flexibility index (Phi) is 4.65. The van der Waals surface area contributed by atoms with Gasteiger partial charge >= 0.3 is 5.97 Å². The molecule has 6 heteroatoms. The van der Waals surface area contributed by atoms with E-state index in [4.69, 9.17) is 5.11 Å². The Morgan fingerprint density at radius 2 is 2.11 bits per heavy atom. The second-order valence-corrected chi connectivity index (χ2v) is 4.33. The molecular formula is C12H16N2O4. The molecule has 18 heavy (non-hydrogen) atoms. The third-order valence-corrected chi connectivity index (χ3v) is 2.58. The van der Waals surface area contributed by atoms with Gasteiger partial charge in [-0.05, 0) is 18.1 Å². The fourth-order valence-corrected chi connectivity index (χ4v) is 1.49. The maximum Gasteiger partial charge on any atom is 0.305 e. The van der Waals surface area contributed by atoms with Crippen LogP contribution in [0.25, 0.3) is 0 Å². The van der Waals surface area contributed by atoms with Gasteiger partial charge in [0, 0.05) is 12.2 Å². The summed E-state index contributed by atoms with van der Waals surface area (Å²) in [6.07, 6.45) is 1.25. The van der Waals surface area contributed by atoms with E-state index in [1.807, 2.05) is 13.8 Å². The predicted molar refractivity (Wildman–Crippen MR) is 65.4 cm³/mol. The van der Waals surface area contributed by atoms with E-state index in [2.05, 4.69) is 10.3 Å². The number of hydrogen-bond donors (Lipinski definition) is 3. The lowest BCUT2D eigenvalue weighted by Gasteiger charge is -2.20. The number of aromatic amines is 1. The van der Waals surface area contributed by atoms with Gasteiger partial charge in [-0.3, -0.25) is 14.4 Å². The van der Waals surface area contributed by atoms with Crippen LogP contribution in [-0.4, -0.2) is 28.0 Å². The summed E-state index contributed by atoms with van der Waals surface area (Å²) in [5.41, 5.74) is -0.513. The maximum atomic E-state index is 11.8. The number of carbonyl (C=O) groups excluding carboxylic acids is 1. The fraction of sp³-hybridized carbons (Fsp3) is 0.417. The maximum absolute atomic E-state index is 11.8. The molecule has 1 atom stereocenters. The van der Waals surface area contributed by atoms with E-state index in [0.717, 1.165) is 0 Å². The van der Waals surface area contributed by atoms with Crippen molar-refractivity contribution in [1.82, 2.24) is 10.3 Å². The summed E-state index contributed by atoms with van der Waals surface area (Å²) < 4.78 is 0. The van der Waals surface area contributed by atoms with E-state index in [1.54, 1.807) is 0 Å². The Bertz CT molecular complexity index is 493. The lowest BCUT2D eigenvalue weighted by atomic mass is 10.0. The van der Waals surface area contributed by atoms with Crippen LogP contribution < -0.4 is 10.9 Å². The molecular weight excluding hydrogens is 236 g/mol. The van der Waals surface area contributed by atoms with E-state index < -0.39 is 23.5 Å². The van der Waals surface area contributed by atoms with E-state index in [0.29, 0.717) is 0 Å². The van der Waals surface area contributed by atoms with Crippen LogP contribution in [0.3, 0.4) is 0 Å². The molecule has 1 aromatic heterocycles. The van der Waals surface area contributed by atoms with Crippen LogP contribution in [-0.2, 0) is 4.79 Å². The molecule has 6 nitrogen and oxygen atoms in total. The fourth-order valence-electron chi connectivity index (χ4n) is 1.49. The number of nitrogens with one attached hydrogen (secondary N) is 2. The standard InChI is InChI=1S/C12H16N2O4/c1-7(2)9(6-10(15)16)14-12(18)8-4-3-5-13-11(8)17/h3-5,7,9H,6H2,1-2H3,(H,13,17)(H,14,18)(H,15,16). The zero-order valence-electron chi connectivity index (χ0n) is 10.3. The second-order valence-electron chi connectivity index (χ2n) is 4.33. The SMILES string of the molecule is CC(C)C(CC(=O)O)NC(=O)c1ccc[nH]c1=O. The first-order chi connectivity index (χ1) is 8.41. The topological polar surface area (TPSA) is 99.3 Å². The summed E-state index contributed by atoms with van der Waals surface area (Å²) in [7, 11) is 0. The molecule has 0 aliphatic heterocycles. The number of amides is 1. The van der Waals surface area contributed by atoms with E-state index in [1.165, 1.54) is 18.3 Å². The summed E-state index contributed by atoms with van der Waals surface area (Å²) in [5, 5.41) is 11.3. The van der Waals surface area contributed by atoms with Crippen LogP contribution in [0, 0.1) is 5.92 Å². The summed E-state index contributed by atoms with van der Waals surface area (Å²) in [4.78, 5) is 36.3. The van der Waals surface area contributed by atoms with Gasteiger partial charge in [-0.15, -0.1) is 0 Å². The number of aromatic nitrogens is 1. The third-order valence-electron chi connectivity index (χ3n) is 2.58. The number of H-pyrrole nitrogens is 1. The molecule has 0 radical (unpaired) electrons. The van der Waals surface area contributed by atoms with E-state index in [-0.39, 0.29) is 17.9 Å². The van der Waals surface area contributed by atoms with Crippen LogP contribution >= 0.6 is 0 Å². The quantitative estimate of drug-likeness (QED) is 0.714. The second kappa shape index (κ2) is 6.00. The molecule has 0 fully saturated rings. The highest BCUT2D eigenvalue weighted by molar-refractivity contribution is 5.94. The number of pyridine rings is 1. The van der Waals surface area contributed by atoms with Gasteiger partial charge in [0.05, 0.1) is 6.42 Å². The van der Waals surface area contributed by atoms with Crippen molar-refractivity contribution in [3.8, 4) is 0 Å². The minimum absolute atomic E-state index is 0.0199. The molecule has 0 bridgehead atoms. The monoisotopic (exact) mass is 252 g/mol. The number of carboxylic acid groups (broad SMARTS) is 1. The van der Waals surface area contributed by atoms with Crippen molar-refractivity contribution in [2.24, 2.45) is 5.92 Å². The lowest BCUT2D eigenvalue weighted by molar-refractivity contribution is -0.137. The summed E-state index contributed by atoms with van der Waals surface area (Å²) >= 11 is 0. The van der Waals surface area contributed by atoms with Crippen LogP contribution in [0.5, 0.6) is 0 Å². The van der Waals surface area contributed by atoms with Crippen LogP contribution in [0.15, 0.2) is 23.1 Å². The Balaban J connectivity index is 2.82. The van der Waals surface area contributed by atoms with Gasteiger partial charge in [0.1, 0.15) is 5.56 Å². The van der Waals surface area contributed by atoms with Crippen LogP contribution in [0.4, 0.5) is 0 Å². The Morgan fingerprint density at radius 1 is 1.44 bits per heavy atom. The normalized spacial score (nSPS) is 12.2. The largest absolute Gasteiger partial charge is 0.481 e. The Labute approximate surface area is 104 Å². The highest BCUT2D eigenvalue weighted by atomic mass is 16.4. The summed E-state index contributed by atoms with van der Waals surface area (Å²) in [6.45, 7) is 3.62. The zero-order chi connectivity index (χ0) is 13.7. The molecule has 3 N–H and O–H groups in total. The van der Waals surface area contributed by atoms with Crippen molar-refractivity contribution in [2.75, 3.05) is 0 Å². The summed E-state index contributed by atoms with van der Waals surface area (Å²) in [5.74, 6) is -1.58. The average molecular weight is 252 g/mol.